The molecule has 0 aromatic rings. The summed E-state index contributed by atoms with van der Waals surface area (Å²) in [6.45, 7) is 8.07. The van der Waals surface area contributed by atoms with E-state index in [4.69, 9.17) is 4.74 Å². The monoisotopic (exact) mass is 344 g/mol. The quantitative estimate of drug-likeness (QED) is 0.847. The third kappa shape index (κ3) is 4.19. The van der Waals surface area contributed by atoms with Crippen LogP contribution in [0.15, 0.2) is 0 Å². The van der Waals surface area contributed by atoms with Crippen molar-refractivity contribution in [3.63, 3.8) is 0 Å². The van der Waals surface area contributed by atoms with Gasteiger partial charge in [0, 0.05) is 37.4 Å². The molecule has 1 amide bonds. The largest absolute Gasteiger partial charge is 0.444 e. The fourth-order valence-electron chi connectivity index (χ4n) is 4.24. The maximum atomic E-state index is 13.2. The molecule has 0 aromatic heterocycles. The summed E-state index contributed by atoms with van der Waals surface area (Å²) in [4.78, 5) is 13.7. The van der Waals surface area contributed by atoms with Gasteiger partial charge in [0.15, 0.2) is 0 Å². The zero-order valence-electron chi connectivity index (χ0n) is 15.0. The number of nitrogens with one attached hydrogen (secondary N) is 1. The first kappa shape index (κ1) is 17.9. The number of alkyl halides is 2. The smallest absolute Gasteiger partial charge is 0.410 e. The summed E-state index contributed by atoms with van der Waals surface area (Å²) in [7, 11) is 0. The van der Waals surface area contributed by atoms with E-state index < -0.39 is 11.5 Å². The Bertz CT molecular complexity index is 466. The molecule has 4 nitrogen and oxygen atoms in total. The second-order valence-electron chi connectivity index (χ2n) is 9.15. The van der Waals surface area contributed by atoms with Crippen molar-refractivity contribution in [1.29, 1.82) is 0 Å². The molecule has 138 valence electrons. The Morgan fingerprint density at radius 2 is 1.79 bits per heavy atom. The van der Waals surface area contributed by atoms with Gasteiger partial charge in [0.1, 0.15) is 5.60 Å². The lowest BCUT2D eigenvalue weighted by Crippen LogP contribution is -2.67. The number of amides is 1. The number of halogens is 2. The molecule has 1 spiro atoms. The second kappa shape index (κ2) is 6.11. The normalized spacial score (nSPS) is 26.8. The Hall–Kier alpha value is -0.910. The molecule has 3 fully saturated rings. The minimum Gasteiger partial charge on any atom is -0.444 e. The fraction of sp³-hybridized carbons (Fsp3) is 0.944. The maximum Gasteiger partial charge on any atom is 0.410 e. The summed E-state index contributed by atoms with van der Waals surface area (Å²) in [5, 5.41) is 3.54. The molecule has 1 heterocycles. The lowest BCUT2D eigenvalue weighted by atomic mass is 9.60. The molecule has 0 unspecified atom stereocenters. The summed E-state index contributed by atoms with van der Waals surface area (Å²) in [6, 6.07) is 0.480. The van der Waals surface area contributed by atoms with E-state index >= 15 is 0 Å². The summed E-state index contributed by atoms with van der Waals surface area (Å²) >= 11 is 0. The van der Waals surface area contributed by atoms with E-state index in [1.165, 1.54) is 0 Å². The van der Waals surface area contributed by atoms with E-state index in [0.717, 1.165) is 32.5 Å². The van der Waals surface area contributed by atoms with Gasteiger partial charge in [0.2, 0.25) is 5.92 Å². The molecule has 1 N–H and O–H groups in total. The van der Waals surface area contributed by atoms with Gasteiger partial charge in [-0.25, -0.2) is 13.6 Å². The van der Waals surface area contributed by atoms with Crippen molar-refractivity contribution in [1.82, 2.24) is 10.2 Å². The summed E-state index contributed by atoms with van der Waals surface area (Å²) < 4.78 is 31.7. The van der Waals surface area contributed by atoms with Crippen LogP contribution in [0.1, 0.15) is 59.3 Å². The molecule has 1 saturated heterocycles. The molecule has 0 bridgehead atoms. The number of likely N-dealkylation sites (tertiary alicyclic amines) is 1. The molecule has 24 heavy (non-hydrogen) atoms. The van der Waals surface area contributed by atoms with Gasteiger partial charge in [-0.2, -0.15) is 0 Å². The highest BCUT2D eigenvalue weighted by Crippen LogP contribution is 2.48. The fourth-order valence-corrected chi connectivity index (χ4v) is 4.24. The first-order valence-corrected chi connectivity index (χ1v) is 9.15. The van der Waals surface area contributed by atoms with Crippen molar-refractivity contribution >= 4 is 6.09 Å². The van der Waals surface area contributed by atoms with Gasteiger partial charge >= 0.3 is 6.09 Å². The summed E-state index contributed by atoms with van der Waals surface area (Å²) in [5.74, 6) is -2.05. The van der Waals surface area contributed by atoms with Gasteiger partial charge in [-0.1, -0.05) is 0 Å². The Kier molecular flexibility index (Phi) is 4.56. The average Bonchev–Trinajstić information content (AvgIpc) is 2.34. The lowest BCUT2D eigenvalue weighted by Gasteiger charge is -2.59. The SMILES string of the molecule is CC(C)(C)OC(=O)N1CC2(CC(NCC3CCC(F)(F)CC3)C2)C1. The second-order valence-corrected chi connectivity index (χ2v) is 9.15. The number of ether oxygens (including phenoxy) is 1. The third-order valence-electron chi connectivity index (χ3n) is 5.59. The van der Waals surface area contributed by atoms with Crippen molar-refractivity contribution < 1.29 is 18.3 Å². The molecular weight excluding hydrogens is 314 g/mol. The molecule has 0 aromatic carbocycles. The number of hydrogen-bond acceptors (Lipinski definition) is 3. The van der Waals surface area contributed by atoms with Crippen LogP contribution in [0, 0.1) is 11.3 Å². The topological polar surface area (TPSA) is 41.6 Å². The molecule has 1 aliphatic heterocycles. The van der Waals surface area contributed by atoms with Crippen LogP contribution in [0.2, 0.25) is 0 Å². The van der Waals surface area contributed by atoms with Crippen LogP contribution < -0.4 is 5.32 Å². The van der Waals surface area contributed by atoms with Crippen LogP contribution in [0.5, 0.6) is 0 Å². The van der Waals surface area contributed by atoms with E-state index in [1.807, 2.05) is 20.8 Å². The van der Waals surface area contributed by atoms with E-state index in [0.29, 0.717) is 24.8 Å². The van der Waals surface area contributed by atoms with Crippen LogP contribution >= 0.6 is 0 Å². The van der Waals surface area contributed by atoms with Gasteiger partial charge in [-0.15, -0.1) is 0 Å². The molecule has 0 radical (unpaired) electrons. The number of hydrogen-bond donors (Lipinski definition) is 1. The van der Waals surface area contributed by atoms with Crippen LogP contribution in [-0.2, 0) is 4.74 Å². The van der Waals surface area contributed by atoms with Crippen LogP contribution in [0.25, 0.3) is 0 Å². The first-order chi connectivity index (χ1) is 11.1. The Morgan fingerprint density at radius 3 is 2.33 bits per heavy atom. The van der Waals surface area contributed by atoms with Crippen LogP contribution in [-0.4, -0.2) is 48.2 Å². The number of carbonyl (C=O) groups is 1. The minimum absolute atomic E-state index is 0.0405. The van der Waals surface area contributed by atoms with E-state index in [1.54, 1.807) is 4.90 Å². The Labute approximate surface area is 143 Å². The molecule has 3 aliphatic rings. The lowest BCUT2D eigenvalue weighted by molar-refractivity contribution is -0.0844. The highest BCUT2D eigenvalue weighted by atomic mass is 19.3. The average molecular weight is 344 g/mol. The van der Waals surface area contributed by atoms with Crippen LogP contribution in [0.3, 0.4) is 0 Å². The maximum absolute atomic E-state index is 13.2. The minimum atomic E-state index is -2.44. The summed E-state index contributed by atoms with van der Waals surface area (Å²) in [5.41, 5.74) is -0.172. The van der Waals surface area contributed by atoms with E-state index in [-0.39, 0.29) is 24.3 Å². The van der Waals surface area contributed by atoms with Gasteiger partial charge < -0.3 is 15.0 Å². The number of carbonyl (C=O) groups excluding carboxylic acids is 1. The van der Waals surface area contributed by atoms with E-state index in [9.17, 15) is 13.6 Å². The zero-order chi connectivity index (χ0) is 17.6. The molecule has 6 heteroatoms. The Balaban J connectivity index is 1.31. The molecular formula is C18H30F2N2O2. The van der Waals surface area contributed by atoms with Crippen molar-refractivity contribution in [3.05, 3.63) is 0 Å². The first-order valence-electron chi connectivity index (χ1n) is 9.15. The third-order valence-corrected chi connectivity index (χ3v) is 5.59. The van der Waals surface area contributed by atoms with Crippen molar-refractivity contribution in [2.75, 3.05) is 19.6 Å². The predicted octanol–water partition coefficient (Wildman–Crippen LogP) is 3.80. The molecule has 2 aliphatic carbocycles. The zero-order valence-corrected chi connectivity index (χ0v) is 15.0. The highest BCUT2D eigenvalue weighted by Gasteiger charge is 2.54. The number of rotatable bonds is 3. The predicted molar refractivity (Wildman–Crippen MR) is 88.2 cm³/mol. The van der Waals surface area contributed by atoms with Crippen molar-refractivity contribution in [2.45, 2.75) is 76.9 Å². The molecule has 0 atom stereocenters. The van der Waals surface area contributed by atoms with Crippen LogP contribution in [0.4, 0.5) is 13.6 Å². The van der Waals surface area contributed by atoms with E-state index in [2.05, 4.69) is 5.32 Å². The highest BCUT2D eigenvalue weighted by molar-refractivity contribution is 5.69. The van der Waals surface area contributed by atoms with Gasteiger partial charge in [-0.3, -0.25) is 0 Å². The van der Waals surface area contributed by atoms with Crippen molar-refractivity contribution in [2.24, 2.45) is 11.3 Å². The van der Waals surface area contributed by atoms with Gasteiger partial charge in [0.05, 0.1) is 0 Å². The summed E-state index contributed by atoms with van der Waals surface area (Å²) in [6.07, 6.45) is 3.28. The Morgan fingerprint density at radius 1 is 1.21 bits per heavy atom. The van der Waals surface area contributed by atoms with Crippen molar-refractivity contribution in [3.8, 4) is 0 Å². The number of nitrogens with zero attached hydrogens (tertiary/aromatic N) is 1. The van der Waals surface area contributed by atoms with Gasteiger partial charge in [0.25, 0.3) is 0 Å². The molecule has 2 saturated carbocycles. The standard InChI is InChI=1S/C18H30F2N2O2/c1-16(2,3)24-15(23)22-11-17(12-22)8-14(9-17)21-10-13-4-6-18(19,20)7-5-13/h13-14,21H,4-12H2,1-3H3. The molecule has 3 rings (SSSR count). The van der Waals surface area contributed by atoms with Gasteiger partial charge in [-0.05, 0) is 58.9 Å².